The van der Waals surface area contributed by atoms with Gasteiger partial charge in [0.05, 0.1) is 6.26 Å². The van der Waals surface area contributed by atoms with Crippen molar-refractivity contribution in [2.45, 2.75) is 13.0 Å². The maximum absolute atomic E-state index is 5.68. The van der Waals surface area contributed by atoms with Gasteiger partial charge in [0.15, 0.2) is 0 Å². The first-order valence-corrected chi connectivity index (χ1v) is 5.11. The molecule has 0 fully saturated rings. The van der Waals surface area contributed by atoms with Crippen LogP contribution < -0.4 is 0 Å². The van der Waals surface area contributed by atoms with Crippen molar-refractivity contribution in [3.63, 3.8) is 0 Å². The summed E-state index contributed by atoms with van der Waals surface area (Å²) in [5.74, 6) is 0.850. The van der Waals surface area contributed by atoms with E-state index in [0.717, 1.165) is 11.3 Å². The summed E-state index contributed by atoms with van der Waals surface area (Å²) >= 11 is 0. The average Bonchev–Trinajstić information content (AvgIpc) is 2.80. The standard InChI is InChI=1S/C13H14O2/c1-2-14-13(12-9-6-10-15-12)11-7-4-3-5-8-11/h3-10,13H,2H2,1H3. The van der Waals surface area contributed by atoms with E-state index in [9.17, 15) is 0 Å². The number of hydrogen-bond acceptors (Lipinski definition) is 2. The minimum Gasteiger partial charge on any atom is -0.466 e. The van der Waals surface area contributed by atoms with Crippen LogP contribution in [0.3, 0.4) is 0 Å². The van der Waals surface area contributed by atoms with E-state index in [-0.39, 0.29) is 6.10 Å². The minimum absolute atomic E-state index is 0.0915. The second-order valence-corrected chi connectivity index (χ2v) is 3.26. The van der Waals surface area contributed by atoms with E-state index in [1.54, 1.807) is 6.26 Å². The van der Waals surface area contributed by atoms with E-state index >= 15 is 0 Å². The molecule has 0 bridgehead atoms. The Morgan fingerprint density at radius 3 is 2.53 bits per heavy atom. The maximum Gasteiger partial charge on any atom is 0.140 e. The van der Waals surface area contributed by atoms with E-state index in [1.807, 2.05) is 49.4 Å². The van der Waals surface area contributed by atoms with E-state index in [1.165, 1.54) is 0 Å². The molecule has 15 heavy (non-hydrogen) atoms. The van der Waals surface area contributed by atoms with Gasteiger partial charge in [-0.3, -0.25) is 0 Å². The van der Waals surface area contributed by atoms with Gasteiger partial charge in [0.25, 0.3) is 0 Å². The first kappa shape index (κ1) is 9.99. The highest BCUT2D eigenvalue weighted by Crippen LogP contribution is 2.25. The fourth-order valence-electron chi connectivity index (χ4n) is 1.58. The highest BCUT2D eigenvalue weighted by atomic mass is 16.5. The van der Waals surface area contributed by atoms with Crippen molar-refractivity contribution in [1.29, 1.82) is 0 Å². The van der Waals surface area contributed by atoms with Gasteiger partial charge in [0.1, 0.15) is 11.9 Å². The van der Waals surface area contributed by atoms with Gasteiger partial charge >= 0.3 is 0 Å². The van der Waals surface area contributed by atoms with Crippen LogP contribution in [0, 0.1) is 0 Å². The Bertz CT molecular complexity index is 378. The lowest BCUT2D eigenvalue weighted by molar-refractivity contribution is 0.0753. The lowest BCUT2D eigenvalue weighted by atomic mass is 10.1. The Hall–Kier alpha value is -1.54. The van der Waals surface area contributed by atoms with Gasteiger partial charge in [-0.2, -0.15) is 0 Å². The monoisotopic (exact) mass is 202 g/mol. The molecule has 1 atom stereocenters. The van der Waals surface area contributed by atoms with Crippen molar-refractivity contribution in [2.24, 2.45) is 0 Å². The molecule has 2 aromatic rings. The van der Waals surface area contributed by atoms with Crippen LogP contribution in [0.2, 0.25) is 0 Å². The summed E-state index contributed by atoms with van der Waals surface area (Å²) < 4.78 is 11.1. The molecule has 1 unspecified atom stereocenters. The second kappa shape index (κ2) is 4.80. The van der Waals surface area contributed by atoms with Crippen LogP contribution in [-0.4, -0.2) is 6.61 Å². The van der Waals surface area contributed by atoms with E-state index < -0.39 is 0 Å². The predicted molar refractivity (Wildman–Crippen MR) is 58.6 cm³/mol. The van der Waals surface area contributed by atoms with Crippen LogP contribution in [0.15, 0.2) is 53.1 Å². The average molecular weight is 202 g/mol. The molecule has 1 heterocycles. The Labute approximate surface area is 89.5 Å². The van der Waals surface area contributed by atoms with E-state index in [4.69, 9.17) is 9.15 Å². The number of ether oxygens (including phenoxy) is 1. The third-order valence-electron chi connectivity index (χ3n) is 2.24. The number of furan rings is 1. The highest BCUT2D eigenvalue weighted by molar-refractivity contribution is 5.24. The molecule has 0 aliphatic rings. The molecule has 0 aliphatic carbocycles. The summed E-state index contributed by atoms with van der Waals surface area (Å²) in [6, 6.07) is 13.9. The third-order valence-corrected chi connectivity index (χ3v) is 2.24. The second-order valence-electron chi connectivity index (χ2n) is 3.26. The zero-order valence-electron chi connectivity index (χ0n) is 8.72. The molecule has 2 heteroatoms. The lowest BCUT2D eigenvalue weighted by Gasteiger charge is -2.14. The maximum atomic E-state index is 5.68. The lowest BCUT2D eigenvalue weighted by Crippen LogP contribution is -2.04. The summed E-state index contributed by atoms with van der Waals surface area (Å²) in [5.41, 5.74) is 1.12. The minimum atomic E-state index is -0.0915. The first-order valence-electron chi connectivity index (χ1n) is 5.11. The van der Waals surface area contributed by atoms with Crippen molar-refractivity contribution in [2.75, 3.05) is 6.61 Å². The predicted octanol–water partition coefficient (Wildman–Crippen LogP) is 3.41. The summed E-state index contributed by atoms with van der Waals surface area (Å²) in [6.07, 6.45) is 1.58. The van der Waals surface area contributed by atoms with Gasteiger partial charge in [0.2, 0.25) is 0 Å². The Morgan fingerprint density at radius 2 is 1.93 bits per heavy atom. The summed E-state index contributed by atoms with van der Waals surface area (Å²) in [4.78, 5) is 0. The van der Waals surface area contributed by atoms with Gasteiger partial charge in [-0.15, -0.1) is 0 Å². The molecule has 0 aliphatic heterocycles. The number of hydrogen-bond donors (Lipinski definition) is 0. The van der Waals surface area contributed by atoms with Gasteiger partial charge in [0, 0.05) is 6.61 Å². The normalized spacial score (nSPS) is 12.6. The molecular weight excluding hydrogens is 188 g/mol. The topological polar surface area (TPSA) is 22.4 Å². The zero-order valence-corrected chi connectivity index (χ0v) is 8.72. The van der Waals surface area contributed by atoms with Crippen molar-refractivity contribution in [3.8, 4) is 0 Å². The van der Waals surface area contributed by atoms with E-state index in [2.05, 4.69) is 0 Å². The Balaban J connectivity index is 2.28. The van der Waals surface area contributed by atoms with Crippen LogP contribution in [0.25, 0.3) is 0 Å². The molecular formula is C13H14O2. The molecule has 2 nitrogen and oxygen atoms in total. The van der Waals surface area contributed by atoms with Crippen LogP contribution in [0.1, 0.15) is 24.4 Å². The van der Waals surface area contributed by atoms with Crippen molar-refractivity contribution in [1.82, 2.24) is 0 Å². The molecule has 1 aromatic heterocycles. The molecule has 0 saturated carbocycles. The molecule has 78 valence electrons. The fraction of sp³-hybridized carbons (Fsp3) is 0.231. The quantitative estimate of drug-likeness (QED) is 0.758. The van der Waals surface area contributed by atoms with Crippen LogP contribution >= 0.6 is 0 Å². The SMILES string of the molecule is CCOC(c1ccccc1)c1ccco1. The van der Waals surface area contributed by atoms with Crippen molar-refractivity contribution in [3.05, 3.63) is 60.1 Å². The first-order chi connectivity index (χ1) is 7.42. The largest absolute Gasteiger partial charge is 0.466 e. The third kappa shape index (κ3) is 2.28. The molecule has 2 rings (SSSR count). The molecule has 0 spiro atoms. The molecule has 0 radical (unpaired) electrons. The fourth-order valence-corrected chi connectivity index (χ4v) is 1.58. The van der Waals surface area contributed by atoms with Crippen LogP contribution in [0.4, 0.5) is 0 Å². The smallest absolute Gasteiger partial charge is 0.140 e. The van der Waals surface area contributed by atoms with Crippen molar-refractivity contribution < 1.29 is 9.15 Å². The number of benzene rings is 1. The van der Waals surface area contributed by atoms with Gasteiger partial charge in [-0.1, -0.05) is 30.3 Å². The van der Waals surface area contributed by atoms with Crippen LogP contribution in [0.5, 0.6) is 0 Å². The van der Waals surface area contributed by atoms with Gasteiger partial charge < -0.3 is 9.15 Å². The van der Waals surface area contributed by atoms with Gasteiger partial charge in [-0.05, 0) is 24.6 Å². The summed E-state index contributed by atoms with van der Waals surface area (Å²) in [5, 5.41) is 0. The van der Waals surface area contributed by atoms with Gasteiger partial charge in [-0.25, -0.2) is 0 Å². The van der Waals surface area contributed by atoms with Crippen LogP contribution in [-0.2, 0) is 4.74 Å². The summed E-state index contributed by atoms with van der Waals surface area (Å²) in [6.45, 7) is 2.65. The molecule has 0 N–H and O–H groups in total. The Morgan fingerprint density at radius 1 is 1.13 bits per heavy atom. The molecule has 1 aromatic carbocycles. The Kier molecular flexibility index (Phi) is 3.20. The number of rotatable bonds is 4. The highest BCUT2D eigenvalue weighted by Gasteiger charge is 2.15. The molecule has 0 saturated heterocycles. The van der Waals surface area contributed by atoms with E-state index in [0.29, 0.717) is 6.61 Å². The summed E-state index contributed by atoms with van der Waals surface area (Å²) in [7, 11) is 0. The zero-order chi connectivity index (χ0) is 10.5. The molecule has 0 amide bonds. The van der Waals surface area contributed by atoms with Crippen molar-refractivity contribution >= 4 is 0 Å².